The van der Waals surface area contributed by atoms with E-state index in [1.165, 1.54) is 0 Å². The molecule has 0 aromatic heterocycles. The maximum Gasteiger partial charge on any atom is 0.116 e. The second-order valence-electron chi connectivity index (χ2n) is 2.55. The van der Waals surface area contributed by atoms with Crippen LogP contribution in [0.4, 0.5) is 5.69 Å². The molecule has 0 saturated carbocycles. The zero-order valence-corrected chi connectivity index (χ0v) is 8.15. The summed E-state index contributed by atoms with van der Waals surface area (Å²) in [6.07, 6.45) is 0. The molecule has 12 heavy (non-hydrogen) atoms. The third-order valence-electron chi connectivity index (χ3n) is 1.63. The van der Waals surface area contributed by atoms with Gasteiger partial charge in [-0.05, 0) is 18.6 Å². The van der Waals surface area contributed by atoms with E-state index in [-0.39, 0.29) is 0 Å². The fourth-order valence-electron chi connectivity index (χ4n) is 0.882. The van der Waals surface area contributed by atoms with Gasteiger partial charge in [0.05, 0.1) is 0 Å². The molecule has 1 aromatic carbocycles. The summed E-state index contributed by atoms with van der Waals surface area (Å²) in [4.78, 5) is 0. The first-order chi connectivity index (χ1) is 5.74. The zero-order valence-electron chi connectivity index (χ0n) is 7.33. The normalized spacial score (nSPS) is 12.5. The summed E-state index contributed by atoms with van der Waals surface area (Å²) >= 11 is 0. The molecule has 0 unspecified atom stereocenters. The number of hydrogen-bond acceptors (Lipinski definition) is 1. The Morgan fingerprint density at radius 1 is 1.42 bits per heavy atom. The van der Waals surface area contributed by atoms with E-state index >= 15 is 0 Å². The molecule has 0 spiro atoms. The Hall–Kier alpha value is -0.830. The maximum absolute atomic E-state index is 11.1. The van der Waals surface area contributed by atoms with Gasteiger partial charge in [0.1, 0.15) is 11.0 Å². The minimum atomic E-state index is -0.938. The highest BCUT2D eigenvalue weighted by atomic mass is 32.2. The Labute approximate surface area is 75.6 Å². The van der Waals surface area contributed by atoms with Crippen LogP contribution in [0.5, 0.6) is 0 Å². The predicted octanol–water partition coefficient (Wildman–Crippen LogP) is 2.09. The van der Waals surface area contributed by atoms with Gasteiger partial charge in [0.2, 0.25) is 0 Å². The lowest BCUT2D eigenvalue weighted by molar-refractivity contribution is 0.687. The number of rotatable bonds is 3. The fraction of sp³-hybridized carbons (Fsp3) is 0.333. The van der Waals surface area contributed by atoms with Gasteiger partial charge in [0, 0.05) is 11.4 Å². The lowest BCUT2D eigenvalue weighted by atomic mass is 10.2. The summed E-state index contributed by atoms with van der Waals surface area (Å²) < 4.78 is 14.1. The van der Waals surface area contributed by atoms with Crippen molar-refractivity contribution in [3.05, 3.63) is 29.8 Å². The lowest BCUT2D eigenvalue weighted by Gasteiger charge is -2.06. The van der Waals surface area contributed by atoms with Gasteiger partial charge in [-0.3, -0.25) is 0 Å². The number of anilines is 1. The van der Waals surface area contributed by atoms with Gasteiger partial charge in [-0.15, -0.1) is 0 Å². The van der Waals surface area contributed by atoms with Crippen molar-refractivity contribution >= 4 is 16.7 Å². The molecule has 0 amide bonds. The van der Waals surface area contributed by atoms with Crippen LogP contribution in [-0.2, 0) is 11.0 Å². The monoisotopic (exact) mass is 183 g/mol. The van der Waals surface area contributed by atoms with Crippen molar-refractivity contribution < 1.29 is 4.21 Å². The highest BCUT2D eigenvalue weighted by Gasteiger charge is 1.98. The maximum atomic E-state index is 11.1. The topological polar surface area (TPSA) is 29.1 Å². The van der Waals surface area contributed by atoms with Crippen LogP contribution in [0, 0.1) is 6.92 Å². The quantitative estimate of drug-likeness (QED) is 0.763. The van der Waals surface area contributed by atoms with Gasteiger partial charge in [-0.25, -0.2) is 4.21 Å². The van der Waals surface area contributed by atoms with Crippen LogP contribution in [0.25, 0.3) is 0 Å². The van der Waals surface area contributed by atoms with Gasteiger partial charge < -0.3 is 4.72 Å². The first-order valence-corrected chi connectivity index (χ1v) is 5.26. The van der Waals surface area contributed by atoms with Crippen LogP contribution in [0.15, 0.2) is 24.3 Å². The van der Waals surface area contributed by atoms with E-state index in [1.807, 2.05) is 38.1 Å². The van der Waals surface area contributed by atoms with Crippen molar-refractivity contribution in [2.45, 2.75) is 13.8 Å². The van der Waals surface area contributed by atoms with Crippen LogP contribution >= 0.6 is 0 Å². The Morgan fingerprint density at radius 3 is 2.67 bits per heavy atom. The molecule has 1 atom stereocenters. The molecule has 3 heteroatoms. The molecule has 2 nitrogen and oxygen atoms in total. The van der Waals surface area contributed by atoms with E-state index in [1.54, 1.807) is 0 Å². The van der Waals surface area contributed by atoms with Crippen LogP contribution in [0.2, 0.25) is 0 Å². The highest BCUT2D eigenvalue weighted by Crippen LogP contribution is 2.13. The summed E-state index contributed by atoms with van der Waals surface area (Å²) in [7, 11) is -0.938. The molecule has 0 fully saturated rings. The second-order valence-corrected chi connectivity index (χ2v) is 4.02. The molecule has 0 aliphatic rings. The molecular weight excluding hydrogens is 170 g/mol. The van der Waals surface area contributed by atoms with Gasteiger partial charge in [0.15, 0.2) is 0 Å². The minimum Gasteiger partial charge on any atom is -0.305 e. The van der Waals surface area contributed by atoms with Crippen LogP contribution in [0.1, 0.15) is 12.5 Å². The Balaban J connectivity index is 2.75. The van der Waals surface area contributed by atoms with Crippen molar-refractivity contribution in [3.8, 4) is 0 Å². The molecule has 0 bridgehead atoms. The van der Waals surface area contributed by atoms with Crippen molar-refractivity contribution in [1.29, 1.82) is 0 Å². The SMILES string of the molecule is CC[S@@](=O)Nc1ccccc1C. The first-order valence-electron chi connectivity index (χ1n) is 3.94. The first kappa shape index (κ1) is 9.26. The lowest BCUT2D eigenvalue weighted by Crippen LogP contribution is -2.06. The molecular formula is C9H13NOS. The van der Waals surface area contributed by atoms with Crippen molar-refractivity contribution in [1.82, 2.24) is 0 Å². The van der Waals surface area contributed by atoms with E-state index < -0.39 is 11.0 Å². The molecule has 66 valence electrons. The van der Waals surface area contributed by atoms with Crippen molar-refractivity contribution in [2.24, 2.45) is 0 Å². The van der Waals surface area contributed by atoms with E-state index in [9.17, 15) is 4.21 Å². The average Bonchev–Trinajstić information content (AvgIpc) is 2.09. The van der Waals surface area contributed by atoms with Gasteiger partial charge in [-0.1, -0.05) is 25.1 Å². The standard InChI is InChI=1S/C9H13NOS/c1-3-12(11)10-9-7-5-4-6-8(9)2/h4-7,10H,3H2,1-2H3/t12-/m1/s1. The van der Waals surface area contributed by atoms with Gasteiger partial charge in [0.25, 0.3) is 0 Å². The molecule has 1 N–H and O–H groups in total. The molecule has 0 aliphatic carbocycles. The van der Waals surface area contributed by atoms with E-state index in [0.29, 0.717) is 5.75 Å². The number of benzene rings is 1. The molecule has 1 rings (SSSR count). The van der Waals surface area contributed by atoms with Gasteiger partial charge >= 0.3 is 0 Å². The molecule has 0 heterocycles. The van der Waals surface area contributed by atoms with Crippen molar-refractivity contribution in [3.63, 3.8) is 0 Å². The third kappa shape index (κ3) is 2.34. The smallest absolute Gasteiger partial charge is 0.116 e. The van der Waals surface area contributed by atoms with E-state index in [4.69, 9.17) is 0 Å². The molecule has 1 aromatic rings. The number of aryl methyl sites for hydroxylation is 1. The second kappa shape index (κ2) is 4.26. The summed E-state index contributed by atoms with van der Waals surface area (Å²) in [6, 6.07) is 7.83. The average molecular weight is 183 g/mol. The summed E-state index contributed by atoms with van der Waals surface area (Å²) in [5.74, 6) is 0.633. The predicted molar refractivity (Wildman–Crippen MR) is 53.5 cm³/mol. The van der Waals surface area contributed by atoms with E-state index in [0.717, 1.165) is 11.3 Å². The van der Waals surface area contributed by atoms with Crippen molar-refractivity contribution in [2.75, 3.05) is 10.5 Å². The van der Waals surface area contributed by atoms with Crippen LogP contribution < -0.4 is 4.72 Å². The fourth-order valence-corrected chi connectivity index (χ4v) is 1.50. The molecule has 0 aliphatic heterocycles. The molecule has 0 radical (unpaired) electrons. The summed E-state index contributed by atoms with van der Waals surface area (Å²) in [5.41, 5.74) is 2.08. The Bertz CT molecular complexity index is 286. The molecule has 0 saturated heterocycles. The van der Waals surface area contributed by atoms with Gasteiger partial charge in [-0.2, -0.15) is 0 Å². The number of nitrogens with one attached hydrogen (secondary N) is 1. The largest absolute Gasteiger partial charge is 0.305 e. The van der Waals surface area contributed by atoms with Crippen LogP contribution in [0.3, 0.4) is 0 Å². The minimum absolute atomic E-state index is 0.633. The number of para-hydroxylation sites is 1. The Kier molecular flexibility index (Phi) is 3.29. The van der Waals surface area contributed by atoms with E-state index in [2.05, 4.69) is 4.72 Å². The highest BCUT2D eigenvalue weighted by molar-refractivity contribution is 7.86. The number of hydrogen-bond donors (Lipinski definition) is 1. The third-order valence-corrected chi connectivity index (χ3v) is 2.60. The summed E-state index contributed by atoms with van der Waals surface area (Å²) in [5, 5.41) is 0. The van der Waals surface area contributed by atoms with Crippen LogP contribution in [-0.4, -0.2) is 9.96 Å². The summed E-state index contributed by atoms with van der Waals surface area (Å²) in [6.45, 7) is 3.89. The zero-order chi connectivity index (χ0) is 8.97. The Morgan fingerprint density at radius 2 is 2.08 bits per heavy atom.